The highest BCUT2D eigenvalue weighted by molar-refractivity contribution is 9.10. The van der Waals surface area contributed by atoms with E-state index in [1.54, 1.807) is 36.5 Å². The van der Waals surface area contributed by atoms with Crippen LogP contribution in [0, 0.1) is 11.3 Å². The van der Waals surface area contributed by atoms with E-state index in [2.05, 4.69) is 26.6 Å². The van der Waals surface area contributed by atoms with Gasteiger partial charge in [0.05, 0.1) is 11.3 Å². The van der Waals surface area contributed by atoms with Crippen LogP contribution in [0.2, 0.25) is 0 Å². The molecule has 0 saturated carbocycles. The summed E-state index contributed by atoms with van der Waals surface area (Å²) in [6.07, 6.45) is 3.33. The predicted octanol–water partition coefficient (Wildman–Crippen LogP) is 4.11. The molecule has 0 spiro atoms. The Morgan fingerprint density at radius 1 is 1.14 bits per heavy atom. The minimum Gasteiger partial charge on any atom is -0.314 e. The minimum absolute atomic E-state index is 0.397. The van der Waals surface area contributed by atoms with Crippen LogP contribution in [0.3, 0.4) is 0 Å². The van der Waals surface area contributed by atoms with Gasteiger partial charge in [0.25, 0.3) is 0 Å². The Labute approximate surface area is 131 Å². The zero-order valence-corrected chi connectivity index (χ0v) is 12.6. The number of halogens is 1. The molecule has 0 bridgehead atoms. The van der Waals surface area contributed by atoms with E-state index < -0.39 is 6.03 Å². The molecule has 2 amide bonds. The average molecular weight is 342 g/mol. The summed E-state index contributed by atoms with van der Waals surface area (Å²) in [6.45, 7) is 0. The largest absolute Gasteiger partial charge is 0.323 e. The van der Waals surface area contributed by atoms with Crippen LogP contribution >= 0.6 is 15.9 Å². The van der Waals surface area contributed by atoms with Gasteiger partial charge < -0.3 is 10.6 Å². The number of urea groups is 1. The van der Waals surface area contributed by atoms with Crippen LogP contribution in [0.1, 0.15) is 11.1 Å². The Bertz CT molecular complexity index is 702. The second kappa shape index (κ2) is 7.27. The molecule has 4 nitrogen and oxygen atoms in total. The van der Waals surface area contributed by atoms with Crippen molar-refractivity contribution < 1.29 is 4.79 Å². The topological polar surface area (TPSA) is 64.9 Å². The number of benzene rings is 2. The third-order valence-corrected chi connectivity index (χ3v) is 3.18. The van der Waals surface area contributed by atoms with Crippen LogP contribution < -0.4 is 10.6 Å². The third kappa shape index (κ3) is 4.48. The van der Waals surface area contributed by atoms with E-state index in [-0.39, 0.29) is 0 Å². The Morgan fingerprint density at radius 2 is 1.86 bits per heavy atom. The Morgan fingerprint density at radius 3 is 2.57 bits per heavy atom. The zero-order chi connectivity index (χ0) is 15.1. The lowest BCUT2D eigenvalue weighted by Gasteiger charge is -2.05. The summed E-state index contributed by atoms with van der Waals surface area (Å²) in [5.74, 6) is 0. The minimum atomic E-state index is -0.397. The van der Waals surface area contributed by atoms with E-state index in [9.17, 15) is 4.79 Å². The molecular weight excluding hydrogens is 330 g/mol. The van der Waals surface area contributed by atoms with E-state index in [4.69, 9.17) is 5.26 Å². The normalized spacial score (nSPS) is 10.1. The first-order valence-corrected chi connectivity index (χ1v) is 6.97. The molecule has 0 aliphatic heterocycles. The fourth-order valence-corrected chi connectivity index (χ4v) is 1.90. The summed E-state index contributed by atoms with van der Waals surface area (Å²) in [5.41, 5.74) is 1.87. The fraction of sp³-hybridized carbons (Fsp3) is 0. The van der Waals surface area contributed by atoms with Gasteiger partial charge >= 0.3 is 6.03 Å². The van der Waals surface area contributed by atoms with Gasteiger partial charge in [-0.2, -0.15) is 5.26 Å². The first kappa shape index (κ1) is 14.8. The summed E-state index contributed by atoms with van der Waals surface area (Å²) in [6, 6.07) is 16.1. The van der Waals surface area contributed by atoms with Crippen LogP contribution in [0.15, 0.2) is 59.2 Å². The number of anilines is 1. The SMILES string of the molecule is N#Cc1ccccc1NC(=O)N/C=C/c1ccc(Br)cc1. The molecular formula is C16H12BrN3O. The highest BCUT2D eigenvalue weighted by Gasteiger charge is 2.03. The second-order valence-electron chi connectivity index (χ2n) is 4.14. The number of carbonyl (C=O) groups excluding carboxylic acids is 1. The maximum Gasteiger partial charge on any atom is 0.323 e. The van der Waals surface area contributed by atoms with Crippen molar-refractivity contribution in [2.75, 3.05) is 5.32 Å². The number of hydrogen-bond acceptors (Lipinski definition) is 2. The van der Waals surface area contributed by atoms with Gasteiger partial charge in [0, 0.05) is 10.7 Å². The monoisotopic (exact) mass is 341 g/mol. The number of nitrogens with one attached hydrogen (secondary N) is 2. The molecule has 5 heteroatoms. The second-order valence-corrected chi connectivity index (χ2v) is 5.06. The number of hydrogen-bond donors (Lipinski definition) is 2. The summed E-state index contributed by atoms with van der Waals surface area (Å²) in [5, 5.41) is 14.2. The molecule has 2 aromatic rings. The van der Waals surface area contributed by atoms with Crippen molar-refractivity contribution in [3.63, 3.8) is 0 Å². The van der Waals surface area contributed by atoms with E-state index in [0.29, 0.717) is 11.3 Å². The molecule has 0 heterocycles. The number of amides is 2. The van der Waals surface area contributed by atoms with Crippen molar-refractivity contribution in [3.05, 3.63) is 70.3 Å². The molecule has 0 atom stereocenters. The maximum absolute atomic E-state index is 11.7. The molecule has 104 valence electrons. The summed E-state index contributed by atoms with van der Waals surface area (Å²) < 4.78 is 0.999. The molecule has 0 saturated heterocycles. The van der Waals surface area contributed by atoms with Crippen LogP contribution in [0.5, 0.6) is 0 Å². The summed E-state index contributed by atoms with van der Waals surface area (Å²) in [7, 11) is 0. The molecule has 2 rings (SSSR count). The van der Waals surface area contributed by atoms with Crippen molar-refractivity contribution in [1.82, 2.24) is 5.32 Å². The predicted molar refractivity (Wildman–Crippen MR) is 86.5 cm³/mol. The van der Waals surface area contributed by atoms with Gasteiger partial charge in [-0.1, -0.05) is 40.2 Å². The Balaban J connectivity index is 1.93. The number of rotatable bonds is 3. The molecule has 0 aliphatic carbocycles. The van der Waals surface area contributed by atoms with Crippen molar-refractivity contribution in [1.29, 1.82) is 5.26 Å². The quantitative estimate of drug-likeness (QED) is 0.881. The first-order chi connectivity index (χ1) is 10.2. The highest BCUT2D eigenvalue weighted by atomic mass is 79.9. The molecule has 0 radical (unpaired) electrons. The number of carbonyl (C=O) groups is 1. The maximum atomic E-state index is 11.7. The van der Waals surface area contributed by atoms with Gasteiger partial charge in [0.2, 0.25) is 0 Å². The highest BCUT2D eigenvalue weighted by Crippen LogP contribution is 2.13. The lowest BCUT2D eigenvalue weighted by atomic mass is 10.2. The molecule has 21 heavy (non-hydrogen) atoms. The lowest BCUT2D eigenvalue weighted by Crippen LogP contribution is -2.24. The molecule has 2 N–H and O–H groups in total. The molecule has 2 aromatic carbocycles. The van der Waals surface area contributed by atoms with E-state index >= 15 is 0 Å². The Hall–Kier alpha value is -2.58. The molecule has 0 unspecified atom stereocenters. The van der Waals surface area contributed by atoms with Gasteiger partial charge in [-0.25, -0.2) is 4.79 Å². The van der Waals surface area contributed by atoms with Crippen LogP contribution in [-0.4, -0.2) is 6.03 Å². The van der Waals surface area contributed by atoms with Gasteiger partial charge in [0.15, 0.2) is 0 Å². The van der Waals surface area contributed by atoms with Crippen molar-refractivity contribution in [3.8, 4) is 6.07 Å². The summed E-state index contributed by atoms with van der Waals surface area (Å²) >= 11 is 3.36. The molecule has 0 fully saturated rings. The van der Waals surface area contributed by atoms with Gasteiger partial charge in [-0.05, 0) is 35.9 Å². The van der Waals surface area contributed by atoms with E-state index in [0.717, 1.165) is 10.0 Å². The van der Waals surface area contributed by atoms with Crippen LogP contribution in [-0.2, 0) is 0 Å². The van der Waals surface area contributed by atoms with Crippen LogP contribution in [0.4, 0.5) is 10.5 Å². The van der Waals surface area contributed by atoms with Crippen molar-refractivity contribution in [2.24, 2.45) is 0 Å². The van der Waals surface area contributed by atoms with Crippen LogP contribution in [0.25, 0.3) is 6.08 Å². The summed E-state index contributed by atoms with van der Waals surface area (Å²) in [4.78, 5) is 11.7. The zero-order valence-electron chi connectivity index (χ0n) is 11.0. The van der Waals surface area contributed by atoms with Gasteiger partial charge in [-0.15, -0.1) is 0 Å². The standard InChI is InChI=1S/C16H12BrN3O/c17-14-7-5-12(6-8-14)9-10-19-16(21)20-15-4-2-1-3-13(15)11-18/h1-10H,(H2,19,20,21)/b10-9+. The molecule has 0 aromatic heterocycles. The average Bonchev–Trinajstić information content (AvgIpc) is 2.50. The number of para-hydroxylation sites is 1. The lowest BCUT2D eigenvalue weighted by molar-refractivity contribution is 0.255. The Kier molecular flexibility index (Phi) is 5.13. The van der Waals surface area contributed by atoms with Gasteiger partial charge in [0.1, 0.15) is 6.07 Å². The van der Waals surface area contributed by atoms with Crippen molar-refractivity contribution >= 4 is 33.7 Å². The number of nitrogens with zero attached hydrogens (tertiary/aromatic N) is 1. The van der Waals surface area contributed by atoms with E-state index in [1.807, 2.05) is 30.3 Å². The smallest absolute Gasteiger partial charge is 0.314 e. The fourth-order valence-electron chi connectivity index (χ4n) is 1.64. The first-order valence-electron chi connectivity index (χ1n) is 6.18. The number of nitriles is 1. The van der Waals surface area contributed by atoms with Gasteiger partial charge in [-0.3, -0.25) is 0 Å². The third-order valence-electron chi connectivity index (χ3n) is 2.66. The van der Waals surface area contributed by atoms with E-state index in [1.165, 1.54) is 0 Å². The molecule has 0 aliphatic rings. The van der Waals surface area contributed by atoms with Crippen molar-refractivity contribution in [2.45, 2.75) is 0 Å².